The van der Waals surface area contributed by atoms with Crippen molar-refractivity contribution >= 4 is 5.96 Å². The monoisotopic (exact) mass is 297 g/mol. The van der Waals surface area contributed by atoms with Gasteiger partial charge in [0.2, 0.25) is 5.96 Å². The molecule has 2 N–H and O–H groups in total. The fourth-order valence-electron chi connectivity index (χ4n) is 1.64. The lowest BCUT2D eigenvalue weighted by Crippen LogP contribution is -2.37. The van der Waals surface area contributed by atoms with Crippen molar-refractivity contribution in [3.05, 3.63) is 0 Å². The summed E-state index contributed by atoms with van der Waals surface area (Å²) in [5.74, 6) is 0.545. The van der Waals surface area contributed by atoms with Crippen molar-refractivity contribution in [2.75, 3.05) is 46.4 Å². The van der Waals surface area contributed by atoms with E-state index in [1.807, 2.05) is 6.19 Å². The summed E-state index contributed by atoms with van der Waals surface area (Å²) in [5.41, 5.74) is 0. The smallest absolute Gasteiger partial charge is 0.204 e. The highest BCUT2D eigenvalue weighted by Gasteiger charge is 1.98. The lowest BCUT2D eigenvalue weighted by atomic mass is 10.2. The Morgan fingerprint density at radius 1 is 1.24 bits per heavy atom. The second kappa shape index (κ2) is 15.1. The average molecular weight is 297 g/mol. The molecular weight excluding hydrogens is 266 g/mol. The van der Waals surface area contributed by atoms with Crippen molar-refractivity contribution in [3.63, 3.8) is 0 Å². The molecular formula is C15H31N5O. The Kier molecular flexibility index (Phi) is 14.1. The van der Waals surface area contributed by atoms with Crippen LogP contribution in [-0.4, -0.2) is 57.3 Å². The number of hydrogen-bond acceptors (Lipinski definition) is 4. The zero-order chi connectivity index (χ0) is 15.8. The number of rotatable bonds is 12. The predicted octanol–water partition coefficient (Wildman–Crippen LogP) is 1.55. The molecule has 0 amide bonds. The van der Waals surface area contributed by atoms with Crippen LogP contribution in [0.1, 0.15) is 39.5 Å². The molecule has 0 saturated heterocycles. The maximum atomic E-state index is 8.69. The van der Waals surface area contributed by atoms with Crippen molar-refractivity contribution < 1.29 is 4.74 Å². The van der Waals surface area contributed by atoms with Crippen molar-refractivity contribution in [1.82, 2.24) is 15.5 Å². The third kappa shape index (κ3) is 13.4. The molecule has 0 aromatic heterocycles. The van der Waals surface area contributed by atoms with Gasteiger partial charge in [0.25, 0.3) is 0 Å². The molecule has 0 aliphatic carbocycles. The molecule has 6 heteroatoms. The quantitative estimate of drug-likeness (QED) is 0.188. The lowest BCUT2D eigenvalue weighted by molar-refractivity contribution is 0.117. The van der Waals surface area contributed by atoms with E-state index in [4.69, 9.17) is 10.00 Å². The van der Waals surface area contributed by atoms with Gasteiger partial charge in [0.1, 0.15) is 0 Å². The van der Waals surface area contributed by atoms with Crippen LogP contribution in [0, 0.1) is 11.5 Å². The molecule has 0 unspecified atom stereocenters. The van der Waals surface area contributed by atoms with Crippen LogP contribution in [0.4, 0.5) is 0 Å². The number of nitriles is 1. The third-order valence-corrected chi connectivity index (χ3v) is 3.15. The summed E-state index contributed by atoms with van der Waals surface area (Å²) >= 11 is 0. The van der Waals surface area contributed by atoms with Crippen LogP contribution in [0.2, 0.25) is 0 Å². The number of aliphatic imine (C=N–C) groups is 1. The maximum Gasteiger partial charge on any atom is 0.204 e. The van der Waals surface area contributed by atoms with Gasteiger partial charge in [-0.2, -0.15) is 5.26 Å². The standard InChI is InChI=1S/C15H31N5O/c1-4-6-7-8-9-17-15(19-14-16)18-10-12-21-13-11-20(3)5-2/h4-13H2,1-3H3,(H2,17,18,19). The summed E-state index contributed by atoms with van der Waals surface area (Å²) in [6.07, 6.45) is 6.61. The van der Waals surface area contributed by atoms with Crippen molar-refractivity contribution in [2.45, 2.75) is 39.5 Å². The van der Waals surface area contributed by atoms with Gasteiger partial charge in [-0.15, -0.1) is 0 Å². The number of nitrogens with zero attached hydrogens (tertiary/aromatic N) is 3. The summed E-state index contributed by atoms with van der Waals surface area (Å²) < 4.78 is 5.52. The minimum Gasteiger partial charge on any atom is -0.378 e. The first-order valence-corrected chi connectivity index (χ1v) is 7.94. The minimum absolute atomic E-state index is 0.545. The van der Waals surface area contributed by atoms with Crippen molar-refractivity contribution in [3.8, 4) is 6.19 Å². The van der Waals surface area contributed by atoms with Crippen molar-refractivity contribution in [2.24, 2.45) is 4.99 Å². The van der Waals surface area contributed by atoms with E-state index < -0.39 is 0 Å². The molecule has 0 bridgehead atoms. The van der Waals surface area contributed by atoms with Gasteiger partial charge >= 0.3 is 0 Å². The Morgan fingerprint density at radius 3 is 2.71 bits per heavy atom. The predicted molar refractivity (Wildman–Crippen MR) is 87.2 cm³/mol. The van der Waals surface area contributed by atoms with E-state index in [0.717, 1.165) is 32.7 Å². The molecule has 0 saturated carbocycles. The zero-order valence-corrected chi connectivity index (χ0v) is 13.8. The van der Waals surface area contributed by atoms with Crippen LogP contribution in [0.25, 0.3) is 0 Å². The van der Waals surface area contributed by atoms with Gasteiger partial charge in [0, 0.05) is 19.6 Å². The second-order valence-electron chi connectivity index (χ2n) is 4.96. The molecule has 0 rings (SSSR count). The molecule has 122 valence electrons. The number of likely N-dealkylation sites (N-methyl/N-ethyl adjacent to an activating group) is 1. The summed E-state index contributed by atoms with van der Waals surface area (Å²) in [5, 5.41) is 14.4. The minimum atomic E-state index is 0.545. The number of unbranched alkanes of at least 4 members (excludes halogenated alkanes) is 3. The Bertz CT molecular complexity index is 301. The van der Waals surface area contributed by atoms with Gasteiger partial charge in [-0.05, 0) is 20.0 Å². The fourth-order valence-corrected chi connectivity index (χ4v) is 1.64. The lowest BCUT2D eigenvalue weighted by Gasteiger charge is -2.14. The molecule has 0 aliphatic rings. The molecule has 0 fully saturated rings. The molecule has 0 aromatic carbocycles. The average Bonchev–Trinajstić information content (AvgIpc) is 2.49. The number of nitrogens with one attached hydrogen (secondary N) is 2. The van der Waals surface area contributed by atoms with Gasteiger partial charge in [-0.1, -0.05) is 33.1 Å². The van der Waals surface area contributed by atoms with Crippen LogP contribution in [0.5, 0.6) is 0 Å². The first-order valence-electron chi connectivity index (χ1n) is 7.94. The van der Waals surface area contributed by atoms with Gasteiger partial charge in [-0.3, -0.25) is 10.3 Å². The highest BCUT2D eigenvalue weighted by atomic mass is 16.5. The van der Waals surface area contributed by atoms with Crippen LogP contribution in [-0.2, 0) is 4.74 Å². The second-order valence-corrected chi connectivity index (χ2v) is 4.96. The Morgan fingerprint density at radius 2 is 2.05 bits per heavy atom. The molecule has 21 heavy (non-hydrogen) atoms. The van der Waals surface area contributed by atoms with Crippen molar-refractivity contribution in [1.29, 1.82) is 5.26 Å². The molecule has 0 radical (unpaired) electrons. The Hall–Kier alpha value is -1.32. The third-order valence-electron chi connectivity index (χ3n) is 3.15. The first kappa shape index (κ1) is 19.7. The summed E-state index contributed by atoms with van der Waals surface area (Å²) in [4.78, 5) is 6.55. The highest BCUT2D eigenvalue weighted by molar-refractivity contribution is 5.81. The van der Waals surface area contributed by atoms with E-state index in [1.165, 1.54) is 19.3 Å². The number of guanidine groups is 1. The van der Waals surface area contributed by atoms with Gasteiger partial charge in [0.15, 0.2) is 6.19 Å². The first-order chi connectivity index (χ1) is 10.2. The molecule has 6 nitrogen and oxygen atoms in total. The highest BCUT2D eigenvalue weighted by Crippen LogP contribution is 1.98. The van der Waals surface area contributed by atoms with E-state index in [0.29, 0.717) is 19.1 Å². The Balaban J connectivity index is 3.69. The van der Waals surface area contributed by atoms with Gasteiger partial charge in [-0.25, -0.2) is 0 Å². The SMILES string of the molecule is CCCCCCN=C(NC#N)NCCOCCN(C)CC. The number of ether oxygens (including phenoxy) is 1. The van der Waals surface area contributed by atoms with E-state index in [-0.39, 0.29) is 0 Å². The Labute approximate surface area is 129 Å². The molecule has 0 aromatic rings. The summed E-state index contributed by atoms with van der Waals surface area (Å²) in [6.45, 7) is 9.01. The van der Waals surface area contributed by atoms with E-state index in [9.17, 15) is 0 Å². The molecule has 0 spiro atoms. The molecule has 0 atom stereocenters. The van der Waals surface area contributed by atoms with Crippen LogP contribution >= 0.6 is 0 Å². The van der Waals surface area contributed by atoms with Crippen LogP contribution in [0.3, 0.4) is 0 Å². The molecule has 0 aliphatic heterocycles. The number of hydrogen-bond donors (Lipinski definition) is 2. The van der Waals surface area contributed by atoms with E-state index in [1.54, 1.807) is 0 Å². The van der Waals surface area contributed by atoms with Gasteiger partial charge in [0.05, 0.1) is 13.2 Å². The normalized spacial score (nSPS) is 11.5. The summed E-state index contributed by atoms with van der Waals surface area (Å²) in [7, 11) is 2.07. The largest absolute Gasteiger partial charge is 0.378 e. The van der Waals surface area contributed by atoms with Gasteiger partial charge < -0.3 is 15.0 Å². The molecule has 0 heterocycles. The van der Waals surface area contributed by atoms with Crippen LogP contribution in [0.15, 0.2) is 4.99 Å². The summed E-state index contributed by atoms with van der Waals surface area (Å²) in [6, 6.07) is 0. The topological polar surface area (TPSA) is 72.7 Å². The van der Waals surface area contributed by atoms with E-state index in [2.05, 4.69) is 41.4 Å². The van der Waals surface area contributed by atoms with Crippen LogP contribution < -0.4 is 10.6 Å². The zero-order valence-electron chi connectivity index (χ0n) is 13.8. The maximum absolute atomic E-state index is 8.69. The fraction of sp³-hybridized carbons (Fsp3) is 0.867. The van der Waals surface area contributed by atoms with E-state index >= 15 is 0 Å².